The van der Waals surface area contributed by atoms with Crippen molar-refractivity contribution in [3.8, 4) is 0 Å². The van der Waals surface area contributed by atoms with Gasteiger partial charge in [-0.25, -0.2) is 13.1 Å². The van der Waals surface area contributed by atoms with Crippen molar-refractivity contribution < 1.29 is 8.42 Å². The van der Waals surface area contributed by atoms with Crippen molar-refractivity contribution in [1.29, 1.82) is 0 Å². The summed E-state index contributed by atoms with van der Waals surface area (Å²) in [4.78, 5) is 0. The lowest BCUT2D eigenvalue weighted by atomic mass is 10.1. The van der Waals surface area contributed by atoms with Crippen molar-refractivity contribution >= 4 is 26.0 Å². The minimum absolute atomic E-state index is 0.152. The maximum atomic E-state index is 11.2. The zero-order valence-electron chi connectivity index (χ0n) is 10.6. The molecule has 1 rings (SSSR count). The van der Waals surface area contributed by atoms with Crippen LogP contribution in [0.5, 0.6) is 0 Å². The van der Waals surface area contributed by atoms with Crippen LogP contribution in [0.2, 0.25) is 0 Å². The molecule has 102 valence electrons. The summed E-state index contributed by atoms with van der Waals surface area (Å²) in [5.74, 6) is 0.152. The van der Waals surface area contributed by atoms with Crippen LogP contribution in [0, 0.1) is 0 Å². The van der Waals surface area contributed by atoms with E-state index in [-0.39, 0.29) is 11.8 Å². The molecule has 0 radical (unpaired) electrons. The molecule has 1 atom stereocenters. The molecule has 0 aliphatic rings. The molecule has 0 aromatic heterocycles. The van der Waals surface area contributed by atoms with E-state index in [1.165, 1.54) is 12.6 Å². The Morgan fingerprint density at radius 1 is 1.33 bits per heavy atom. The van der Waals surface area contributed by atoms with Gasteiger partial charge in [0.15, 0.2) is 0 Å². The third-order valence-electron chi connectivity index (χ3n) is 2.72. The number of benzene rings is 1. The van der Waals surface area contributed by atoms with Gasteiger partial charge >= 0.3 is 0 Å². The minimum atomic E-state index is -3.09. The van der Waals surface area contributed by atoms with Crippen molar-refractivity contribution in [1.82, 2.24) is 10.0 Å². The molecule has 0 saturated carbocycles. The lowest BCUT2D eigenvalue weighted by Crippen LogP contribution is -2.26. The summed E-state index contributed by atoms with van der Waals surface area (Å²) >= 11 is 3.50. The highest BCUT2D eigenvalue weighted by Gasteiger charge is 2.09. The Labute approximate surface area is 117 Å². The SMILES string of the molecule is CNS(=O)(=O)CCCN[C@@H](C)c1ccccc1Br. The molecule has 0 heterocycles. The number of halogens is 1. The van der Waals surface area contributed by atoms with Crippen molar-refractivity contribution in [2.75, 3.05) is 19.3 Å². The molecular weight excluding hydrogens is 316 g/mol. The lowest BCUT2D eigenvalue weighted by molar-refractivity contribution is 0.556. The molecule has 0 aliphatic carbocycles. The fraction of sp³-hybridized carbons (Fsp3) is 0.500. The second-order valence-corrected chi connectivity index (χ2v) is 6.97. The first kappa shape index (κ1) is 15.6. The number of sulfonamides is 1. The molecule has 0 aliphatic heterocycles. The second-order valence-electron chi connectivity index (χ2n) is 4.07. The first-order valence-electron chi connectivity index (χ1n) is 5.85. The summed E-state index contributed by atoms with van der Waals surface area (Å²) in [5, 5.41) is 3.31. The molecule has 18 heavy (non-hydrogen) atoms. The first-order chi connectivity index (χ1) is 8.46. The molecule has 0 unspecified atom stereocenters. The van der Waals surface area contributed by atoms with Gasteiger partial charge in [-0.2, -0.15) is 0 Å². The average Bonchev–Trinajstić information content (AvgIpc) is 2.35. The zero-order valence-corrected chi connectivity index (χ0v) is 13.0. The number of hydrogen-bond acceptors (Lipinski definition) is 3. The van der Waals surface area contributed by atoms with Crippen LogP contribution in [0.4, 0.5) is 0 Å². The molecule has 0 bridgehead atoms. The Morgan fingerprint density at radius 2 is 2.00 bits per heavy atom. The van der Waals surface area contributed by atoms with Crippen molar-refractivity contribution in [2.45, 2.75) is 19.4 Å². The molecule has 4 nitrogen and oxygen atoms in total. The van der Waals surface area contributed by atoms with Crippen LogP contribution in [-0.2, 0) is 10.0 Å². The number of nitrogens with one attached hydrogen (secondary N) is 2. The fourth-order valence-corrected chi connectivity index (χ4v) is 2.98. The van der Waals surface area contributed by atoms with Crippen LogP contribution in [0.3, 0.4) is 0 Å². The first-order valence-corrected chi connectivity index (χ1v) is 8.30. The van der Waals surface area contributed by atoms with Gasteiger partial charge in [0, 0.05) is 10.5 Å². The predicted octanol–water partition coefficient (Wildman–Crippen LogP) is 2.04. The average molecular weight is 335 g/mol. The number of rotatable bonds is 7. The Hall–Kier alpha value is -0.430. The van der Waals surface area contributed by atoms with Gasteiger partial charge in [0.25, 0.3) is 0 Å². The van der Waals surface area contributed by atoms with Gasteiger partial charge in [-0.05, 0) is 38.6 Å². The van der Waals surface area contributed by atoms with E-state index in [1.54, 1.807) is 0 Å². The second kappa shape index (κ2) is 7.23. The molecule has 6 heteroatoms. The van der Waals surface area contributed by atoms with Crippen molar-refractivity contribution in [3.63, 3.8) is 0 Å². The topological polar surface area (TPSA) is 58.2 Å². The van der Waals surface area contributed by atoms with Gasteiger partial charge in [0.1, 0.15) is 0 Å². The Balaban J connectivity index is 2.39. The maximum Gasteiger partial charge on any atom is 0.211 e. The molecule has 0 fully saturated rings. The van der Waals surface area contributed by atoms with Gasteiger partial charge in [0.2, 0.25) is 10.0 Å². The quantitative estimate of drug-likeness (QED) is 0.750. The largest absolute Gasteiger partial charge is 0.310 e. The predicted molar refractivity (Wildman–Crippen MR) is 78.0 cm³/mol. The molecular formula is C12H19BrN2O2S. The zero-order chi connectivity index (χ0) is 13.6. The van der Waals surface area contributed by atoms with Crippen LogP contribution in [0.1, 0.15) is 24.9 Å². The number of hydrogen-bond donors (Lipinski definition) is 2. The van der Waals surface area contributed by atoms with Crippen LogP contribution >= 0.6 is 15.9 Å². The summed E-state index contributed by atoms with van der Waals surface area (Å²) in [7, 11) is -1.65. The Kier molecular flexibility index (Phi) is 6.28. The molecule has 0 amide bonds. The van der Waals surface area contributed by atoms with Crippen molar-refractivity contribution in [2.24, 2.45) is 0 Å². The molecule has 2 N–H and O–H groups in total. The highest BCUT2D eigenvalue weighted by molar-refractivity contribution is 9.10. The smallest absolute Gasteiger partial charge is 0.211 e. The summed E-state index contributed by atoms with van der Waals surface area (Å²) in [5.41, 5.74) is 1.17. The van der Waals surface area contributed by atoms with Crippen LogP contribution < -0.4 is 10.0 Å². The standard InChI is InChI=1S/C12H19BrN2O2S/c1-10(11-6-3-4-7-12(11)13)15-8-5-9-18(16,17)14-2/h3-4,6-7,10,14-15H,5,8-9H2,1-2H3/t10-/m0/s1. The van der Waals surface area contributed by atoms with Crippen LogP contribution in [0.15, 0.2) is 28.7 Å². The van der Waals surface area contributed by atoms with Crippen LogP contribution in [0.25, 0.3) is 0 Å². The highest BCUT2D eigenvalue weighted by Crippen LogP contribution is 2.22. The molecule has 0 spiro atoms. The van der Waals surface area contributed by atoms with E-state index < -0.39 is 10.0 Å². The monoisotopic (exact) mass is 334 g/mol. The fourth-order valence-electron chi connectivity index (χ4n) is 1.62. The van der Waals surface area contributed by atoms with E-state index >= 15 is 0 Å². The summed E-state index contributed by atoms with van der Waals surface area (Å²) < 4.78 is 25.8. The Morgan fingerprint density at radius 3 is 2.61 bits per heavy atom. The Bertz CT molecular complexity index is 477. The summed E-state index contributed by atoms with van der Waals surface area (Å²) in [6, 6.07) is 8.20. The van der Waals surface area contributed by atoms with Gasteiger partial charge in [-0.1, -0.05) is 34.1 Å². The van der Waals surface area contributed by atoms with E-state index in [9.17, 15) is 8.42 Å². The van der Waals surface area contributed by atoms with E-state index in [4.69, 9.17) is 0 Å². The highest BCUT2D eigenvalue weighted by atomic mass is 79.9. The molecule has 0 saturated heterocycles. The van der Waals surface area contributed by atoms with Gasteiger partial charge in [0.05, 0.1) is 5.75 Å². The molecule has 1 aromatic carbocycles. The van der Waals surface area contributed by atoms with Gasteiger partial charge < -0.3 is 5.32 Å². The maximum absolute atomic E-state index is 11.2. The van der Waals surface area contributed by atoms with E-state index in [0.29, 0.717) is 13.0 Å². The van der Waals surface area contributed by atoms with Gasteiger partial charge in [-0.3, -0.25) is 0 Å². The van der Waals surface area contributed by atoms with E-state index in [1.807, 2.05) is 24.3 Å². The third-order valence-corrected chi connectivity index (χ3v) is 4.89. The minimum Gasteiger partial charge on any atom is -0.310 e. The summed E-state index contributed by atoms with van der Waals surface area (Å²) in [6.07, 6.45) is 0.595. The van der Waals surface area contributed by atoms with E-state index in [0.717, 1.165) is 4.47 Å². The third kappa shape index (κ3) is 5.06. The van der Waals surface area contributed by atoms with Crippen LogP contribution in [-0.4, -0.2) is 27.8 Å². The van der Waals surface area contributed by atoms with Crippen molar-refractivity contribution in [3.05, 3.63) is 34.3 Å². The summed E-state index contributed by atoms with van der Waals surface area (Å²) in [6.45, 7) is 2.73. The molecule has 1 aromatic rings. The van der Waals surface area contributed by atoms with Gasteiger partial charge in [-0.15, -0.1) is 0 Å². The normalized spacial score (nSPS) is 13.5. The van der Waals surface area contributed by atoms with E-state index in [2.05, 4.69) is 32.9 Å². The lowest BCUT2D eigenvalue weighted by Gasteiger charge is -2.15.